The van der Waals surface area contributed by atoms with E-state index in [-0.39, 0.29) is 0 Å². The summed E-state index contributed by atoms with van der Waals surface area (Å²) in [5.74, 6) is 0. The lowest BCUT2D eigenvalue weighted by molar-refractivity contribution is 0.0244. The van der Waals surface area contributed by atoms with Crippen LogP contribution in [0.15, 0.2) is 30.3 Å². The van der Waals surface area contributed by atoms with Crippen molar-refractivity contribution in [1.82, 2.24) is 5.32 Å². The summed E-state index contributed by atoms with van der Waals surface area (Å²) in [4.78, 5) is 0. The third-order valence-corrected chi connectivity index (χ3v) is 3.06. The number of benzene rings is 1. The number of aliphatic hydroxyl groups excluding tert-OH is 1. The van der Waals surface area contributed by atoms with Crippen molar-refractivity contribution < 1.29 is 14.9 Å². The van der Waals surface area contributed by atoms with E-state index in [0.717, 1.165) is 5.56 Å². The van der Waals surface area contributed by atoms with Crippen molar-refractivity contribution in [3.63, 3.8) is 0 Å². The van der Waals surface area contributed by atoms with Crippen LogP contribution in [0, 0.1) is 0 Å². The fourth-order valence-corrected chi connectivity index (χ4v) is 1.97. The maximum absolute atomic E-state index is 10.0. The zero-order valence-corrected chi connectivity index (χ0v) is 9.80. The highest BCUT2D eigenvalue weighted by Gasteiger charge is 2.31. The molecule has 0 amide bonds. The predicted molar refractivity (Wildman–Crippen MR) is 64.7 cm³/mol. The van der Waals surface area contributed by atoms with Gasteiger partial charge in [-0.05, 0) is 5.56 Å². The average Bonchev–Trinajstić information content (AvgIpc) is 2.77. The molecule has 1 fully saturated rings. The molecule has 1 saturated heterocycles. The van der Waals surface area contributed by atoms with Crippen LogP contribution in [0.25, 0.3) is 0 Å². The second-order valence-electron chi connectivity index (χ2n) is 4.58. The van der Waals surface area contributed by atoms with Crippen LogP contribution in [0.1, 0.15) is 18.1 Å². The fourth-order valence-electron chi connectivity index (χ4n) is 1.97. The molecule has 2 atom stereocenters. The Morgan fingerprint density at radius 1 is 1.35 bits per heavy atom. The van der Waals surface area contributed by atoms with Gasteiger partial charge in [-0.25, -0.2) is 0 Å². The largest absolute Gasteiger partial charge is 0.387 e. The Kier molecular flexibility index (Phi) is 4.12. The Hall–Kier alpha value is -0.940. The SMILES string of the molecule is OC(CNCC1(O)CCOC1)c1ccccc1. The minimum Gasteiger partial charge on any atom is -0.387 e. The maximum atomic E-state index is 10.0. The van der Waals surface area contributed by atoms with Crippen LogP contribution in [-0.2, 0) is 4.74 Å². The van der Waals surface area contributed by atoms with Gasteiger partial charge in [0.2, 0.25) is 0 Å². The number of rotatable bonds is 5. The van der Waals surface area contributed by atoms with Crippen LogP contribution in [0.2, 0.25) is 0 Å². The Labute approximate surface area is 101 Å². The molecule has 0 saturated carbocycles. The third-order valence-electron chi connectivity index (χ3n) is 3.06. The summed E-state index contributed by atoms with van der Waals surface area (Å²) in [6.45, 7) is 1.88. The molecule has 3 N–H and O–H groups in total. The summed E-state index contributed by atoms with van der Waals surface area (Å²) >= 11 is 0. The molecule has 2 rings (SSSR count). The molecular weight excluding hydrogens is 218 g/mol. The first-order chi connectivity index (χ1) is 8.20. The molecule has 94 valence electrons. The van der Waals surface area contributed by atoms with Crippen LogP contribution in [0.5, 0.6) is 0 Å². The zero-order chi connectivity index (χ0) is 12.1. The lowest BCUT2D eigenvalue weighted by atomic mass is 10.0. The summed E-state index contributed by atoms with van der Waals surface area (Å²) in [7, 11) is 0. The first-order valence-corrected chi connectivity index (χ1v) is 5.93. The molecule has 0 aliphatic carbocycles. The summed E-state index contributed by atoms with van der Waals surface area (Å²) in [6.07, 6.45) is 0.114. The van der Waals surface area contributed by atoms with E-state index in [1.807, 2.05) is 30.3 Å². The molecule has 0 bridgehead atoms. The Balaban J connectivity index is 1.75. The van der Waals surface area contributed by atoms with Crippen molar-refractivity contribution in [2.24, 2.45) is 0 Å². The first kappa shape index (κ1) is 12.5. The minimum atomic E-state index is -0.767. The van der Waals surface area contributed by atoms with Crippen LogP contribution in [0.3, 0.4) is 0 Å². The molecular formula is C13H19NO3. The van der Waals surface area contributed by atoms with Gasteiger partial charge in [0.15, 0.2) is 0 Å². The van der Waals surface area contributed by atoms with E-state index in [1.54, 1.807) is 0 Å². The molecule has 4 heteroatoms. The topological polar surface area (TPSA) is 61.7 Å². The van der Waals surface area contributed by atoms with E-state index >= 15 is 0 Å². The molecule has 2 unspecified atom stereocenters. The molecule has 1 aromatic rings. The van der Waals surface area contributed by atoms with E-state index in [4.69, 9.17) is 4.74 Å². The Morgan fingerprint density at radius 3 is 2.76 bits per heavy atom. The monoisotopic (exact) mass is 237 g/mol. The van der Waals surface area contributed by atoms with Gasteiger partial charge < -0.3 is 20.3 Å². The summed E-state index contributed by atoms with van der Waals surface area (Å²) < 4.78 is 5.15. The highest BCUT2D eigenvalue weighted by molar-refractivity contribution is 5.17. The molecule has 1 aromatic carbocycles. The maximum Gasteiger partial charge on any atom is 0.102 e. The number of aliphatic hydroxyl groups is 2. The lowest BCUT2D eigenvalue weighted by Crippen LogP contribution is -2.42. The standard InChI is InChI=1S/C13H19NO3/c15-12(11-4-2-1-3-5-11)8-14-9-13(16)6-7-17-10-13/h1-5,12,14-16H,6-10H2. The second kappa shape index (κ2) is 5.60. The number of hydrogen-bond acceptors (Lipinski definition) is 4. The van der Waals surface area contributed by atoms with Gasteiger partial charge in [0.05, 0.1) is 12.7 Å². The van der Waals surface area contributed by atoms with Crippen LogP contribution >= 0.6 is 0 Å². The normalized spacial score (nSPS) is 26.0. The van der Waals surface area contributed by atoms with Gasteiger partial charge in [0.25, 0.3) is 0 Å². The minimum absolute atomic E-state index is 0.376. The lowest BCUT2D eigenvalue weighted by Gasteiger charge is -2.22. The van der Waals surface area contributed by atoms with Gasteiger partial charge in [-0.2, -0.15) is 0 Å². The van der Waals surface area contributed by atoms with Crippen molar-refractivity contribution in [1.29, 1.82) is 0 Å². The van der Waals surface area contributed by atoms with Crippen LogP contribution < -0.4 is 5.32 Å². The van der Waals surface area contributed by atoms with Gasteiger partial charge in [-0.1, -0.05) is 30.3 Å². The average molecular weight is 237 g/mol. The smallest absolute Gasteiger partial charge is 0.102 e. The second-order valence-corrected chi connectivity index (χ2v) is 4.58. The highest BCUT2D eigenvalue weighted by atomic mass is 16.5. The number of hydrogen-bond donors (Lipinski definition) is 3. The molecule has 0 spiro atoms. The first-order valence-electron chi connectivity index (χ1n) is 5.93. The molecule has 4 nitrogen and oxygen atoms in total. The van der Waals surface area contributed by atoms with Crippen LogP contribution in [0.4, 0.5) is 0 Å². The van der Waals surface area contributed by atoms with E-state index in [2.05, 4.69) is 5.32 Å². The fraction of sp³-hybridized carbons (Fsp3) is 0.538. The summed E-state index contributed by atoms with van der Waals surface area (Å²) in [6, 6.07) is 9.50. The molecule has 1 heterocycles. The third kappa shape index (κ3) is 3.51. The van der Waals surface area contributed by atoms with Crippen molar-refractivity contribution in [3.8, 4) is 0 Å². The van der Waals surface area contributed by atoms with E-state index in [9.17, 15) is 10.2 Å². The molecule has 0 radical (unpaired) electrons. The van der Waals surface area contributed by atoms with Gasteiger partial charge in [0.1, 0.15) is 5.60 Å². The van der Waals surface area contributed by atoms with Crippen molar-refractivity contribution >= 4 is 0 Å². The summed E-state index contributed by atoms with van der Waals surface area (Å²) in [5.41, 5.74) is 0.116. The molecule has 1 aliphatic heterocycles. The zero-order valence-electron chi connectivity index (χ0n) is 9.80. The number of nitrogens with one attached hydrogen (secondary N) is 1. The van der Waals surface area contributed by atoms with Crippen LogP contribution in [-0.4, -0.2) is 42.1 Å². The quantitative estimate of drug-likeness (QED) is 0.696. The molecule has 0 aromatic heterocycles. The van der Waals surface area contributed by atoms with E-state index < -0.39 is 11.7 Å². The number of ether oxygens (including phenoxy) is 1. The predicted octanol–water partition coefficient (Wildman–Crippen LogP) is 0.461. The van der Waals surface area contributed by atoms with Crippen molar-refractivity contribution in [2.45, 2.75) is 18.1 Å². The van der Waals surface area contributed by atoms with Gasteiger partial charge in [-0.3, -0.25) is 0 Å². The van der Waals surface area contributed by atoms with Crippen molar-refractivity contribution in [3.05, 3.63) is 35.9 Å². The molecule has 1 aliphatic rings. The highest BCUT2D eigenvalue weighted by Crippen LogP contribution is 2.17. The Morgan fingerprint density at radius 2 is 2.12 bits per heavy atom. The van der Waals surface area contributed by atoms with Gasteiger partial charge in [0, 0.05) is 26.1 Å². The summed E-state index contributed by atoms with van der Waals surface area (Å²) in [5, 5.41) is 23.0. The Bertz CT molecular complexity index is 336. The van der Waals surface area contributed by atoms with Crippen molar-refractivity contribution in [2.75, 3.05) is 26.3 Å². The van der Waals surface area contributed by atoms with Gasteiger partial charge >= 0.3 is 0 Å². The van der Waals surface area contributed by atoms with E-state index in [0.29, 0.717) is 32.7 Å². The molecule has 17 heavy (non-hydrogen) atoms. The van der Waals surface area contributed by atoms with E-state index in [1.165, 1.54) is 0 Å². The van der Waals surface area contributed by atoms with Gasteiger partial charge in [-0.15, -0.1) is 0 Å².